The van der Waals surface area contributed by atoms with Crippen LogP contribution in [0.1, 0.15) is 42.1 Å². The Kier molecular flexibility index (Phi) is 5.38. The van der Waals surface area contributed by atoms with Gasteiger partial charge in [-0.25, -0.2) is 8.42 Å². The first-order valence-electron chi connectivity index (χ1n) is 8.73. The summed E-state index contributed by atoms with van der Waals surface area (Å²) in [6, 6.07) is 8.16. The molecule has 1 unspecified atom stereocenters. The van der Waals surface area contributed by atoms with Crippen molar-refractivity contribution in [3.63, 3.8) is 0 Å². The SMILES string of the molecule is Cc1ccc(S(=O)(=O)N2CCCCC2C)cc1C(=O)Nc1cccnc1. The van der Waals surface area contributed by atoms with Gasteiger partial charge in [0.2, 0.25) is 10.0 Å². The highest BCUT2D eigenvalue weighted by molar-refractivity contribution is 7.89. The Hall–Kier alpha value is -2.25. The zero-order valence-corrected chi connectivity index (χ0v) is 15.8. The number of carbonyl (C=O) groups excluding carboxylic acids is 1. The van der Waals surface area contributed by atoms with Gasteiger partial charge in [0.25, 0.3) is 5.91 Å². The lowest BCUT2D eigenvalue weighted by atomic mass is 10.1. The largest absolute Gasteiger partial charge is 0.321 e. The predicted octanol–water partition coefficient (Wildman–Crippen LogP) is 3.21. The van der Waals surface area contributed by atoms with Crippen LogP contribution < -0.4 is 5.32 Å². The van der Waals surface area contributed by atoms with E-state index in [-0.39, 0.29) is 16.8 Å². The highest BCUT2D eigenvalue weighted by atomic mass is 32.2. The number of hydrogen-bond acceptors (Lipinski definition) is 4. The van der Waals surface area contributed by atoms with E-state index in [0.29, 0.717) is 17.8 Å². The van der Waals surface area contributed by atoms with Gasteiger partial charge in [-0.3, -0.25) is 9.78 Å². The molecule has 0 aliphatic carbocycles. The summed E-state index contributed by atoms with van der Waals surface area (Å²) < 4.78 is 27.6. The number of piperidine rings is 1. The molecule has 0 radical (unpaired) electrons. The van der Waals surface area contributed by atoms with Crippen LogP contribution in [0.15, 0.2) is 47.6 Å². The number of benzene rings is 1. The van der Waals surface area contributed by atoms with E-state index in [1.165, 1.54) is 6.07 Å². The third kappa shape index (κ3) is 3.78. The van der Waals surface area contributed by atoms with Crippen LogP contribution >= 0.6 is 0 Å². The zero-order valence-electron chi connectivity index (χ0n) is 15.0. The number of carbonyl (C=O) groups is 1. The van der Waals surface area contributed by atoms with Crippen molar-refractivity contribution >= 4 is 21.6 Å². The topological polar surface area (TPSA) is 79.4 Å². The van der Waals surface area contributed by atoms with Gasteiger partial charge in [-0.15, -0.1) is 0 Å². The molecule has 138 valence electrons. The Morgan fingerprint density at radius 2 is 2.08 bits per heavy atom. The number of nitrogens with zero attached hydrogens (tertiary/aromatic N) is 2. The van der Waals surface area contributed by atoms with Crippen LogP contribution in [-0.4, -0.2) is 36.2 Å². The predicted molar refractivity (Wildman–Crippen MR) is 101 cm³/mol. The normalized spacial score (nSPS) is 18.5. The van der Waals surface area contributed by atoms with Crippen LogP contribution in [0.3, 0.4) is 0 Å². The summed E-state index contributed by atoms with van der Waals surface area (Å²) in [7, 11) is -3.62. The molecule has 2 aromatic rings. The molecule has 1 aromatic heterocycles. The first-order valence-corrected chi connectivity index (χ1v) is 10.2. The van der Waals surface area contributed by atoms with Gasteiger partial charge in [0.15, 0.2) is 0 Å². The summed E-state index contributed by atoms with van der Waals surface area (Å²) in [5.74, 6) is -0.348. The van der Waals surface area contributed by atoms with Crippen LogP contribution in [0.25, 0.3) is 0 Å². The maximum absolute atomic E-state index is 13.0. The molecule has 1 aliphatic heterocycles. The van der Waals surface area contributed by atoms with Crippen molar-refractivity contribution in [3.8, 4) is 0 Å². The van der Waals surface area contributed by atoms with E-state index in [0.717, 1.165) is 24.8 Å². The first kappa shape index (κ1) is 18.5. The molecular formula is C19H23N3O3S. The van der Waals surface area contributed by atoms with Crippen LogP contribution in [-0.2, 0) is 10.0 Å². The van der Waals surface area contributed by atoms with E-state index in [2.05, 4.69) is 10.3 Å². The van der Waals surface area contributed by atoms with Gasteiger partial charge < -0.3 is 5.32 Å². The third-order valence-electron chi connectivity index (χ3n) is 4.72. The fraction of sp³-hybridized carbons (Fsp3) is 0.368. The zero-order chi connectivity index (χ0) is 18.7. The van der Waals surface area contributed by atoms with E-state index in [9.17, 15) is 13.2 Å². The van der Waals surface area contributed by atoms with Crippen molar-refractivity contribution in [2.75, 3.05) is 11.9 Å². The van der Waals surface area contributed by atoms with Gasteiger partial charge in [0, 0.05) is 24.3 Å². The number of amides is 1. The van der Waals surface area contributed by atoms with Gasteiger partial charge in [-0.1, -0.05) is 12.5 Å². The molecule has 0 saturated carbocycles. The number of sulfonamides is 1. The van der Waals surface area contributed by atoms with Gasteiger partial charge in [0.1, 0.15) is 0 Å². The molecule has 1 saturated heterocycles. The Bertz CT molecular complexity index is 898. The minimum Gasteiger partial charge on any atom is -0.321 e. The van der Waals surface area contributed by atoms with E-state index in [1.54, 1.807) is 47.9 Å². The summed E-state index contributed by atoms with van der Waals surface area (Å²) in [4.78, 5) is 16.7. The molecule has 1 N–H and O–H groups in total. The molecular weight excluding hydrogens is 350 g/mol. The molecule has 1 atom stereocenters. The molecule has 3 rings (SSSR count). The van der Waals surface area contributed by atoms with Crippen molar-refractivity contribution in [1.82, 2.24) is 9.29 Å². The maximum Gasteiger partial charge on any atom is 0.256 e. The van der Waals surface area contributed by atoms with Crippen molar-refractivity contribution in [3.05, 3.63) is 53.9 Å². The second-order valence-corrected chi connectivity index (χ2v) is 8.52. The number of aryl methyl sites for hydroxylation is 1. The molecule has 1 amide bonds. The fourth-order valence-electron chi connectivity index (χ4n) is 3.21. The van der Waals surface area contributed by atoms with Crippen LogP contribution in [0, 0.1) is 6.92 Å². The number of aromatic nitrogens is 1. The minimum atomic E-state index is -3.62. The standard InChI is InChI=1S/C19H23N3O3S/c1-14-8-9-17(26(24,25)22-11-4-3-6-15(22)2)12-18(14)19(23)21-16-7-5-10-20-13-16/h5,7-10,12-13,15H,3-4,6,11H2,1-2H3,(H,21,23). The Morgan fingerprint density at radius 1 is 1.27 bits per heavy atom. The molecule has 7 heteroatoms. The van der Waals surface area contributed by atoms with Crippen molar-refractivity contribution in [2.45, 2.75) is 44.0 Å². The molecule has 26 heavy (non-hydrogen) atoms. The summed E-state index contributed by atoms with van der Waals surface area (Å²) in [5.41, 5.74) is 1.63. The Morgan fingerprint density at radius 3 is 2.77 bits per heavy atom. The average Bonchev–Trinajstić information content (AvgIpc) is 2.63. The number of pyridine rings is 1. The van der Waals surface area contributed by atoms with E-state index in [4.69, 9.17) is 0 Å². The summed E-state index contributed by atoms with van der Waals surface area (Å²) >= 11 is 0. The van der Waals surface area contributed by atoms with Crippen molar-refractivity contribution in [2.24, 2.45) is 0 Å². The first-order chi connectivity index (χ1) is 12.4. The third-order valence-corrected chi connectivity index (χ3v) is 6.73. The number of hydrogen-bond donors (Lipinski definition) is 1. The monoisotopic (exact) mass is 373 g/mol. The maximum atomic E-state index is 13.0. The van der Waals surface area contributed by atoms with E-state index < -0.39 is 10.0 Å². The van der Waals surface area contributed by atoms with Crippen molar-refractivity contribution in [1.29, 1.82) is 0 Å². The van der Waals surface area contributed by atoms with Crippen LogP contribution in [0.4, 0.5) is 5.69 Å². The second kappa shape index (κ2) is 7.55. The fourth-order valence-corrected chi connectivity index (χ4v) is 4.93. The second-order valence-electron chi connectivity index (χ2n) is 6.63. The van der Waals surface area contributed by atoms with Gasteiger partial charge >= 0.3 is 0 Å². The number of nitrogens with one attached hydrogen (secondary N) is 1. The van der Waals surface area contributed by atoms with Gasteiger partial charge in [-0.2, -0.15) is 4.31 Å². The smallest absolute Gasteiger partial charge is 0.256 e. The molecule has 1 aromatic carbocycles. The Balaban J connectivity index is 1.91. The molecule has 1 fully saturated rings. The highest BCUT2D eigenvalue weighted by Crippen LogP contribution is 2.26. The summed E-state index contributed by atoms with van der Waals surface area (Å²) in [5, 5.41) is 2.76. The quantitative estimate of drug-likeness (QED) is 0.892. The van der Waals surface area contributed by atoms with Crippen LogP contribution in [0.2, 0.25) is 0 Å². The summed E-state index contributed by atoms with van der Waals surface area (Å²) in [6.45, 7) is 4.24. The van der Waals surface area contributed by atoms with E-state index >= 15 is 0 Å². The minimum absolute atomic E-state index is 0.0253. The Labute approximate surface area is 154 Å². The molecule has 1 aliphatic rings. The average molecular weight is 373 g/mol. The van der Waals surface area contributed by atoms with E-state index in [1.807, 2.05) is 6.92 Å². The highest BCUT2D eigenvalue weighted by Gasteiger charge is 2.31. The molecule has 0 spiro atoms. The molecule has 2 heterocycles. The summed E-state index contributed by atoms with van der Waals surface area (Å²) in [6.07, 6.45) is 5.93. The van der Waals surface area contributed by atoms with Crippen LogP contribution in [0.5, 0.6) is 0 Å². The number of anilines is 1. The van der Waals surface area contributed by atoms with Gasteiger partial charge in [0.05, 0.1) is 16.8 Å². The lowest BCUT2D eigenvalue weighted by molar-refractivity contribution is 0.102. The number of rotatable bonds is 4. The lowest BCUT2D eigenvalue weighted by Gasteiger charge is -2.32. The van der Waals surface area contributed by atoms with Crippen molar-refractivity contribution < 1.29 is 13.2 Å². The molecule has 0 bridgehead atoms. The molecule has 6 nitrogen and oxygen atoms in total. The lowest BCUT2D eigenvalue weighted by Crippen LogP contribution is -2.42. The van der Waals surface area contributed by atoms with Gasteiger partial charge in [-0.05, 0) is 56.5 Å².